The molecule has 11 nitrogen and oxygen atoms in total. The number of rotatable bonds is 3. The predicted octanol–water partition coefficient (Wildman–Crippen LogP) is 0.766. The normalized spacial score (nSPS) is 14.8. The number of aromatic nitrogens is 6. The Morgan fingerprint density at radius 2 is 1.85 bits per heavy atom. The number of hydrogen-bond acceptors (Lipinski definition) is 8. The number of likely N-dealkylation sites (tertiary alicyclic amines) is 1. The molecule has 33 heavy (non-hydrogen) atoms. The fraction of sp³-hybridized carbons (Fsp3) is 0.318. The Balaban J connectivity index is 1.71. The van der Waals surface area contributed by atoms with Gasteiger partial charge in [-0.05, 0) is 25.0 Å². The lowest BCUT2D eigenvalue weighted by atomic mass is 10.0. The average Bonchev–Trinajstić information content (AvgIpc) is 2.84. The first-order valence-corrected chi connectivity index (χ1v) is 10.6. The highest BCUT2D eigenvalue weighted by molar-refractivity contribution is 6.01. The lowest BCUT2D eigenvalue weighted by Crippen LogP contribution is -2.41. The summed E-state index contributed by atoms with van der Waals surface area (Å²) in [5, 5.41) is 9.45. The van der Waals surface area contributed by atoms with Crippen LogP contribution < -0.4 is 11.2 Å². The van der Waals surface area contributed by atoms with Gasteiger partial charge in [-0.1, -0.05) is 0 Å². The van der Waals surface area contributed by atoms with E-state index in [1.165, 1.54) is 13.1 Å². The highest BCUT2D eigenvalue weighted by Crippen LogP contribution is 2.28. The minimum Gasteiger partial charge on any atom is -0.388 e. The smallest absolute Gasteiger partial charge is 0.329 e. The number of amides is 1. The molecule has 1 amide bonds. The van der Waals surface area contributed by atoms with Crippen molar-refractivity contribution < 1.29 is 9.90 Å². The van der Waals surface area contributed by atoms with Crippen LogP contribution in [-0.2, 0) is 11.4 Å². The van der Waals surface area contributed by atoms with Crippen molar-refractivity contribution >= 4 is 27.8 Å². The van der Waals surface area contributed by atoms with Crippen LogP contribution in [0.15, 0.2) is 40.3 Å². The van der Waals surface area contributed by atoms with Gasteiger partial charge in [0, 0.05) is 50.2 Å². The van der Waals surface area contributed by atoms with Crippen molar-refractivity contribution in [3.63, 3.8) is 0 Å². The number of aliphatic hydroxyl groups is 1. The molecule has 5 heterocycles. The third kappa shape index (κ3) is 3.65. The van der Waals surface area contributed by atoms with Crippen LogP contribution in [-0.4, -0.2) is 58.5 Å². The van der Waals surface area contributed by atoms with Crippen LogP contribution in [0.1, 0.15) is 31.6 Å². The number of hydrogen-bond donors (Lipinski definition) is 2. The van der Waals surface area contributed by atoms with Gasteiger partial charge in [0.15, 0.2) is 5.82 Å². The number of nitrogens with one attached hydrogen (secondary N) is 1. The zero-order valence-electron chi connectivity index (χ0n) is 17.9. The van der Waals surface area contributed by atoms with E-state index in [1.807, 2.05) is 0 Å². The van der Waals surface area contributed by atoms with E-state index in [1.54, 1.807) is 34.0 Å². The second-order valence-electron chi connectivity index (χ2n) is 8.00. The van der Waals surface area contributed by atoms with Crippen LogP contribution >= 0.6 is 0 Å². The summed E-state index contributed by atoms with van der Waals surface area (Å²) in [5.41, 5.74) is 1.53. The topological polar surface area (TPSA) is 147 Å². The van der Waals surface area contributed by atoms with Gasteiger partial charge in [0.2, 0.25) is 5.91 Å². The van der Waals surface area contributed by atoms with Crippen molar-refractivity contribution in [3.8, 4) is 11.3 Å². The Hall–Kier alpha value is -3.99. The molecule has 0 radical (unpaired) electrons. The standard InChI is InChI=1S/C22H21N7O4/c1-12(31)28-6-4-14(5-7-28)29-20-15(21(32)27-22(29)33)10-23-17-3-2-16(26-19(17)20)13-8-24-18(11-30)25-9-13/h2-3,8-10,14,30H,4-7,11H2,1H3,(H,27,32,33). The van der Waals surface area contributed by atoms with Crippen LogP contribution in [0.3, 0.4) is 0 Å². The van der Waals surface area contributed by atoms with Crippen LogP contribution in [0.25, 0.3) is 33.2 Å². The van der Waals surface area contributed by atoms with Crippen molar-refractivity contribution in [2.45, 2.75) is 32.4 Å². The number of nitrogens with zero attached hydrogens (tertiary/aromatic N) is 6. The molecular formula is C22H21N7O4. The molecule has 2 N–H and O–H groups in total. The fourth-order valence-corrected chi connectivity index (χ4v) is 4.31. The van der Waals surface area contributed by atoms with E-state index in [9.17, 15) is 19.5 Å². The van der Waals surface area contributed by atoms with E-state index in [-0.39, 0.29) is 23.9 Å². The van der Waals surface area contributed by atoms with Gasteiger partial charge in [-0.3, -0.25) is 24.1 Å². The zero-order chi connectivity index (χ0) is 23.1. The van der Waals surface area contributed by atoms with Crippen molar-refractivity contribution in [2.75, 3.05) is 13.1 Å². The third-order valence-electron chi connectivity index (χ3n) is 6.03. The molecule has 4 aromatic heterocycles. The van der Waals surface area contributed by atoms with Crippen LogP contribution in [0.4, 0.5) is 0 Å². The monoisotopic (exact) mass is 447 g/mol. The number of aromatic amines is 1. The molecule has 0 unspecified atom stereocenters. The minimum absolute atomic E-state index is 0.00233. The van der Waals surface area contributed by atoms with Gasteiger partial charge in [0.25, 0.3) is 5.56 Å². The molecule has 1 aliphatic rings. The van der Waals surface area contributed by atoms with Crippen molar-refractivity contribution in [1.29, 1.82) is 0 Å². The zero-order valence-corrected chi connectivity index (χ0v) is 17.9. The molecule has 1 aliphatic heterocycles. The third-order valence-corrected chi connectivity index (χ3v) is 6.03. The molecule has 11 heteroatoms. The van der Waals surface area contributed by atoms with Gasteiger partial charge in [-0.25, -0.2) is 19.7 Å². The molecule has 0 spiro atoms. The summed E-state index contributed by atoms with van der Waals surface area (Å²) in [6.07, 6.45) is 5.74. The summed E-state index contributed by atoms with van der Waals surface area (Å²) >= 11 is 0. The molecule has 168 valence electrons. The SMILES string of the molecule is CC(=O)N1CCC(n2c(=O)[nH]c(=O)c3cnc4ccc(-c5cnc(CO)nc5)nc4c32)CC1. The van der Waals surface area contributed by atoms with Gasteiger partial charge in [0.1, 0.15) is 12.1 Å². The van der Waals surface area contributed by atoms with Crippen LogP contribution in [0.2, 0.25) is 0 Å². The summed E-state index contributed by atoms with van der Waals surface area (Å²) in [6, 6.07) is 3.33. The maximum Gasteiger partial charge on any atom is 0.329 e. The predicted molar refractivity (Wildman–Crippen MR) is 119 cm³/mol. The van der Waals surface area contributed by atoms with Crippen LogP contribution in [0, 0.1) is 0 Å². The summed E-state index contributed by atoms with van der Waals surface area (Å²) in [6.45, 7) is 2.33. The van der Waals surface area contributed by atoms with E-state index in [2.05, 4.69) is 19.9 Å². The van der Waals surface area contributed by atoms with E-state index in [0.717, 1.165) is 0 Å². The van der Waals surface area contributed by atoms with E-state index in [4.69, 9.17) is 4.98 Å². The molecule has 0 aromatic carbocycles. The molecule has 0 saturated carbocycles. The van der Waals surface area contributed by atoms with E-state index < -0.39 is 11.2 Å². The maximum atomic E-state index is 13.0. The summed E-state index contributed by atoms with van der Waals surface area (Å²) < 4.78 is 1.58. The Kier molecular flexibility index (Phi) is 5.17. The molecule has 0 bridgehead atoms. The summed E-state index contributed by atoms with van der Waals surface area (Å²) in [4.78, 5) is 58.7. The molecular weight excluding hydrogens is 426 g/mol. The highest BCUT2D eigenvalue weighted by atomic mass is 16.3. The molecule has 1 fully saturated rings. The molecule has 4 aromatic rings. The Bertz CT molecular complexity index is 1490. The first-order valence-electron chi connectivity index (χ1n) is 10.6. The maximum absolute atomic E-state index is 13.0. The number of aliphatic hydroxyl groups excluding tert-OH is 1. The Morgan fingerprint density at radius 1 is 1.12 bits per heavy atom. The Morgan fingerprint density at radius 3 is 2.52 bits per heavy atom. The lowest BCUT2D eigenvalue weighted by molar-refractivity contribution is -0.130. The molecule has 0 atom stereocenters. The minimum atomic E-state index is -0.523. The van der Waals surface area contributed by atoms with Gasteiger partial charge in [-0.2, -0.15) is 0 Å². The first kappa shape index (κ1) is 20.9. The lowest BCUT2D eigenvalue weighted by Gasteiger charge is -2.32. The highest BCUT2D eigenvalue weighted by Gasteiger charge is 2.26. The molecule has 5 rings (SSSR count). The van der Waals surface area contributed by atoms with Crippen molar-refractivity contribution in [2.24, 2.45) is 0 Å². The van der Waals surface area contributed by atoms with Gasteiger partial charge < -0.3 is 10.0 Å². The number of pyridine rings is 2. The summed E-state index contributed by atoms with van der Waals surface area (Å²) in [5.74, 6) is 0.298. The van der Waals surface area contributed by atoms with Gasteiger partial charge in [-0.15, -0.1) is 0 Å². The van der Waals surface area contributed by atoms with Crippen LogP contribution in [0.5, 0.6) is 0 Å². The number of H-pyrrole nitrogens is 1. The van der Waals surface area contributed by atoms with Gasteiger partial charge >= 0.3 is 5.69 Å². The van der Waals surface area contributed by atoms with Gasteiger partial charge in [0.05, 0.1) is 22.1 Å². The van der Waals surface area contributed by atoms with E-state index in [0.29, 0.717) is 59.6 Å². The van der Waals surface area contributed by atoms with E-state index >= 15 is 0 Å². The first-order chi connectivity index (χ1) is 16.0. The van der Waals surface area contributed by atoms with Crippen molar-refractivity contribution in [3.05, 3.63) is 57.4 Å². The Labute approximate surface area is 186 Å². The number of piperidine rings is 1. The number of carbonyl (C=O) groups is 1. The number of fused-ring (bicyclic) bond motifs is 3. The molecule has 1 saturated heterocycles. The fourth-order valence-electron chi connectivity index (χ4n) is 4.31. The van der Waals surface area contributed by atoms with Crippen molar-refractivity contribution in [1.82, 2.24) is 34.4 Å². The number of carbonyl (C=O) groups excluding carboxylic acids is 1. The summed E-state index contributed by atoms with van der Waals surface area (Å²) in [7, 11) is 0. The average molecular weight is 447 g/mol. The largest absolute Gasteiger partial charge is 0.388 e. The quantitative estimate of drug-likeness (QED) is 0.438. The molecule has 0 aliphatic carbocycles. The second-order valence-corrected chi connectivity index (χ2v) is 8.00. The second kappa shape index (κ2) is 8.17.